The molecule has 2 aromatic rings. The van der Waals surface area contributed by atoms with Gasteiger partial charge in [0.15, 0.2) is 0 Å². The van der Waals surface area contributed by atoms with Gasteiger partial charge in [-0.3, -0.25) is 0 Å². The van der Waals surface area contributed by atoms with Gasteiger partial charge in [-0.1, -0.05) is 11.6 Å². The first-order chi connectivity index (χ1) is 7.77. The van der Waals surface area contributed by atoms with E-state index in [0.717, 1.165) is 0 Å². The van der Waals surface area contributed by atoms with Gasteiger partial charge in [-0.25, -0.2) is 4.98 Å². The van der Waals surface area contributed by atoms with Crippen molar-refractivity contribution < 1.29 is 9.84 Å². The highest BCUT2D eigenvalue weighted by molar-refractivity contribution is 7.12. The fraction of sp³-hybridized carbons (Fsp3) is 0.333. The van der Waals surface area contributed by atoms with E-state index in [4.69, 9.17) is 16.3 Å². The number of methoxy groups -OCH3 is 1. The Kier molecular flexibility index (Phi) is 3.55. The highest BCUT2D eigenvalue weighted by Gasteiger charge is 2.17. The summed E-state index contributed by atoms with van der Waals surface area (Å²) >= 11 is 7.53. The van der Waals surface area contributed by atoms with Gasteiger partial charge in [0, 0.05) is 24.3 Å². The van der Waals surface area contributed by atoms with E-state index < -0.39 is 0 Å². The van der Waals surface area contributed by atoms with Crippen LogP contribution in [0.3, 0.4) is 0 Å². The van der Waals surface area contributed by atoms with Crippen LogP contribution in [0.2, 0.25) is 5.15 Å². The van der Waals surface area contributed by atoms with Crippen LogP contribution in [0.15, 0.2) is 11.6 Å². The average molecular weight is 260 g/mol. The maximum absolute atomic E-state index is 9.23. The van der Waals surface area contributed by atoms with E-state index in [1.807, 2.05) is 5.38 Å². The summed E-state index contributed by atoms with van der Waals surface area (Å²) in [7, 11) is 1.57. The lowest BCUT2D eigenvalue weighted by atomic mass is 10.3. The summed E-state index contributed by atoms with van der Waals surface area (Å²) in [6.45, 7) is 0.150. The number of aliphatic hydroxyl groups is 1. The standard InChI is InChI=1S/C9H10ClN3O2S/c1-15-5-7-6(4-14)8(10)13(12-7)9-11-2-3-16-9/h2-3,14H,4-5H2,1H3. The van der Waals surface area contributed by atoms with Crippen LogP contribution in [0.4, 0.5) is 0 Å². The number of aliphatic hydroxyl groups excluding tert-OH is 1. The van der Waals surface area contributed by atoms with Crippen molar-refractivity contribution in [2.75, 3.05) is 7.11 Å². The molecule has 86 valence electrons. The molecule has 7 heteroatoms. The SMILES string of the molecule is COCc1nn(-c2nccs2)c(Cl)c1CO. The molecule has 1 N–H and O–H groups in total. The second kappa shape index (κ2) is 4.92. The molecule has 0 unspecified atom stereocenters. The number of thiazole rings is 1. The lowest BCUT2D eigenvalue weighted by Crippen LogP contribution is -1.97. The Bertz CT molecular complexity index is 469. The van der Waals surface area contributed by atoms with E-state index in [2.05, 4.69) is 10.1 Å². The molecule has 2 rings (SSSR count). The Hall–Kier alpha value is -0.950. The van der Waals surface area contributed by atoms with E-state index in [0.29, 0.717) is 28.1 Å². The van der Waals surface area contributed by atoms with Crippen molar-refractivity contribution in [2.24, 2.45) is 0 Å². The summed E-state index contributed by atoms with van der Waals surface area (Å²) in [5, 5.41) is 16.4. The van der Waals surface area contributed by atoms with Crippen molar-refractivity contribution >= 4 is 22.9 Å². The zero-order valence-electron chi connectivity index (χ0n) is 8.55. The summed E-state index contributed by atoms with van der Waals surface area (Å²) in [6, 6.07) is 0. The third kappa shape index (κ3) is 1.97. The molecule has 0 fully saturated rings. The maximum Gasteiger partial charge on any atom is 0.211 e. The van der Waals surface area contributed by atoms with Crippen molar-refractivity contribution in [1.82, 2.24) is 14.8 Å². The monoisotopic (exact) mass is 259 g/mol. The largest absolute Gasteiger partial charge is 0.391 e. The van der Waals surface area contributed by atoms with E-state index in [9.17, 15) is 5.11 Å². The van der Waals surface area contributed by atoms with Crippen LogP contribution in [0.25, 0.3) is 5.13 Å². The second-order valence-corrected chi connectivity index (χ2v) is 4.26. The topological polar surface area (TPSA) is 60.2 Å². The van der Waals surface area contributed by atoms with Gasteiger partial charge in [0.1, 0.15) is 5.15 Å². The van der Waals surface area contributed by atoms with E-state index in [1.165, 1.54) is 16.0 Å². The third-order valence-electron chi connectivity index (χ3n) is 2.04. The molecule has 0 saturated heterocycles. The Balaban J connectivity index is 2.47. The molecule has 5 nitrogen and oxygen atoms in total. The lowest BCUT2D eigenvalue weighted by Gasteiger charge is -1.96. The fourth-order valence-electron chi connectivity index (χ4n) is 1.33. The van der Waals surface area contributed by atoms with E-state index >= 15 is 0 Å². The maximum atomic E-state index is 9.23. The summed E-state index contributed by atoms with van der Waals surface area (Å²) in [4.78, 5) is 4.11. The molecule has 16 heavy (non-hydrogen) atoms. The van der Waals surface area contributed by atoms with Gasteiger partial charge in [0.25, 0.3) is 0 Å². The summed E-state index contributed by atoms with van der Waals surface area (Å²) in [5.41, 5.74) is 1.21. The normalized spacial score (nSPS) is 10.9. The predicted molar refractivity (Wildman–Crippen MR) is 60.9 cm³/mol. The molecule has 0 bridgehead atoms. The summed E-state index contributed by atoms with van der Waals surface area (Å²) < 4.78 is 6.50. The average Bonchev–Trinajstić information content (AvgIpc) is 2.87. The van der Waals surface area contributed by atoms with Crippen LogP contribution in [0.5, 0.6) is 0 Å². The highest BCUT2D eigenvalue weighted by Crippen LogP contribution is 2.25. The van der Waals surface area contributed by atoms with Crippen molar-refractivity contribution in [3.05, 3.63) is 28.0 Å². The summed E-state index contributed by atoms with van der Waals surface area (Å²) in [5.74, 6) is 0. The van der Waals surface area contributed by atoms with Gasteiger partial charge in [-0.15, -0.1) is 11.3 Å². The molecule has 2 heterocycles. The summed E-state index contributed by atoms with van der Waals surface area (Å²) in [6.07, 6.45) is 1.67. The van der Waals surface area contributed by atoms with Crippen LogP contribution in [0, 0.1) is 0 Å². The molecule has 0 saturated carbocycles. The van der Waals surface area contributed by atoms with Crippen molar-refractivity contribution in [1.29, 1.82) is 0 Å². The third-order valence-corrected chi connectivity index (χ3v) is 3.18. The minimum atomic E-state index is -0.164. The van der Waals surface area contributed by atoms with Crippen molar-refractivity contribution in [3.63, 3.8) is 0 Å². The van der Waals surface area contributed by atoms with Gasteiger partial charge in [-0.2, -0.15) is 9.78 Å². The molecule has 0 radical (unpaired) electrons. The minimum absolute atomic E-state index is 0.164. The minimum Gasteiger partial charge on any atom is -0.391 e. The molecular weight excluding hydrogens is 250 g/mol. The molecule has 0 aromatic carbocycles. The molecule has 0 aliphatic rings. The van der Waals surface area contributed by atoms with Crippen LogP contribution in [0.1, 0.15) is 11.3 Å². The first kappa shape index (κ1) is 11.5. The highest BCUT2D eigenvalue weighted by atomic mass is 35.5. The van der Waals surface area contributed by atoms with E-state index in [1.54, 1.807) is 13.3 Å². The molecule has 0 atom stereocenters. The predicted octanol–water partition coefficient (Wildman–Crippen LogP) is 1.62. The number of hydrogen-bond donors (Lipinski definition) is 1. The molecule has 2 aromatic heterocycles. The number of aromatic nitrogens is 3. The fourth-order valence-corrected chi connectivity index (χ4v) is 2.26. The Morgan fingerprint density at radius 3 is 3.00 bits per heavy atom. The van der Waals surface area contributed by atoms with E-state index in [-0.39, 0.29) is 6.61 Å². The first-order valence-electron chi connectivity index (χ1n) is 4.54. The van der Waals surface area contributed by atoms with Crippen molar-refractivity contribution in [3.8, 4) is 5.13 Å². The zero-order chi connectivity index (χ0) is 11.5. The second-order valence-electron chi connectivity index (χ2n) is 3.03. The van der Waals surface area contributed by atoms with Crippen LogP contribution >= 0.6 is 22.9 Å². The smallest absolute Gasteiger partial charge is 0.211 e. The molecular formula is C9H10ClN3O2S. The molecule has 0 aliphatic carbocycles. The van der Waals surface area contributed by atoms with Gasteiger partial charge < -0.3 is 9.84 Å². The van der Waals surface area contributed by atoms with Crippen LogP contribution in [-0.4, -0.2) is 27.0 Å². The lowest BCUT2D eigenvalue weighted by molar-refractivity contribution is 0.178. The number of hydrogen-bond acceptors (Lipinski definition) is 5. The number of ether oxygens (including phenoxy) is 1. The quantitative estimate of drug-likeness (QED) is 0.907. The first-order valence-corrected chi connectivity index (χ1v) is 5.79. The molecule has 0 amide bonds. The Labute approximate surface area is 101 Å². The van der Waals surface area contributed by atoms with Gasteiger partial charge in [0.2, 0.25) is 5.13 Å². The van der Waals surface area contributed by atoms with Gasteiger partial charge in [0.05, 0.1) is 18.9 Å². The van der Waals surface area contributed by atoms with Gasteiger partial charge >= 0.3 is 0 Å². The molecule has 0 aliphatic heterocycles. The molecule has 0 spiro atoms. The van der Waals surface area contributed by atoms with Gasteiger partial charge in [-0.05, 0) is 0 Å². The Morgan fingerprint density at radius 1 is 1.62 bits per heavy atom. The number of nitrogens with zero attached hydrogens (tertiary/aromatic N) is 3. The number of halogens is 1. The number of rotatable bonds is 4. The van der Waals surface area contributed by atoms with Crippen LogP contribution in [-0.2, 0) is 18.0 Å². The zero-order valence-corrected chi connectivity index (χ0v) is 10.1. The van der Waals surface area contributed by atoms with Crippen molar-refractivity contribution in [2.45, 2.75) is 13.2 Å². The van der Waals surface area contributed by atoms with Crippen LogP contribution < -0.4 is 0 Å². The Morgan fingerprint density at radius 2 is 2.44 bits per heavy atom.